The van der Waals surface area contributed by atoms with Gasteiger partial charge in [-0.15, -0.1) is 0 Å². The van der Waals surface area contributed by atoms with Crippen LogP contribution in [-0.2, 0) is 0 Å². The molecule has 14 heavy (non-hydrogen) atoms. The molecule has 1 saturated heterocycles. The van der Waals surface area contributed by atoms with Crippen molar-refractivity contribution in [2.75, 3.05) is 13.1 Å². The van der Waals surface area contributed by atoms with E-state index < -0.39 is 0 Å². The summed E-state index contributed by atoms with van der Waals surface area (Å²) in [7, 11) is 0. The molecule has 0 aromatic carbocycles. The van der Waals surface area contributed by atoms with Crippen LogP contribution in [0.5, 0.6) is 0 Å². The van der Waals surface area contributed by atoms with Gasteiger partial charge in [0.2, 0.25) is 0 Å². The van der Waals surface area contributed by atoms with Gasteiger partial charge in [0.15, 0.2) is 0 Å². The summed E-state index contributed by atoms with van der Waals surface area (Å²) in [5, 5.41) is 0. The molecular weight excluding hydrogens is 170 g/mol. The summed E-state index contributed by atoms with van der Waals surface area (Å²) in [6.07, 6.45) is 1.38. The third-order valence-corrected chi connectivity index (χ3v) is 3.88. The van der Waals surface area contributed by atoms with Crippen LogP contribution in [0.3, 0.4) is 0 Å². The average Bonchev–Trinajstić information content (AvgIpc) is 2.01. The second-order valence-electron chi connectivity index (χ2n) is 6.19. The predicted octanol–water partition coefficient (Wildman–Crippen LogP) is 3.40. The number of likely N-dealkylation sites (tertiary alicyclic amines) is 1. The summed E-state index contributed by atoms with van der Waals surface area (Å²) in [5.41, 5.74) is 0.497. The largest absolute Gasteiger partial charge is 0.300 e. The summed E-state index contributed by atoms with van der Waals surface area (Å²) >= 11 is 0. The van der Waals surface area contributed by atoms with E-state index in [4.69, 9.17) is 0 Å². The molecule has 0 amide bonds. The van der Waals surface area contributed by atoms with Gasteiger partial charge in [0, 0.05) is 12.6 Å². The first-order chi connectivity index (χ1) is 6.34. The van der Waals surface area contributed by atoms with Gasteiger partial charge in [-0.25, -0.2) is 0 Å². The molecule has 1 fully saturated rings. The van der Waals surface area contributed by atoms with E-state index in [1.54, 1.807) is 0 Å². The Hall–Kier alpha value is -0.0400. The molecule has 0 saturated carbocycles. The molecule has 0 N–H and O–H groups in total. The van der Waals surface area contributed by atoms with E-state index in [1.165, 1.54) is 19.5 Å². The summed E-state index contributed by atoms with van der Waals surface area (Å²) in [6, 6.07) is 0.711. The highest BCUT2D eigenvalue weighted by atomic mass is 15.2. The van der Waals surface area contributed by atoms with Crippen molar-refractivity contribution in [2.24, 2.45) is 17.3 Å². The zero-order chi connectivity index (χ0) is 10.9. The van der Waals surface area contributed by atoms with Crippen molar-refractivity contribution in [2.45, 2.75) is 54.0 Å². The number of hydrogen-bond donors (Lipinski definition) is 0. The zero-order valence-corrected chi connectivity index (χ0v) is 10.8. The zero-order valence-electron chi connectivity index (χ0n) is 10.8. The minimum absolute atomic E-state index is 0.497. The van der Waals surface area contributed by atoms with Crippen LogP contribution in [-0.4, -0.2) is 24.0 Å². The van der Waals surface area contributed by atoms with Crippen LogP contribution in [0.15, 0.2) is 0 Å². The van der Waals surface area contributed by atoms with E-state index >= 15 is 0 Å². The Kier molecular flexibility index (Phi) is 3.63. The highest BCUT2D eigenvalue weighted by molar-refractivity contribution is 4.89. The van der Waals surface area contributed by atoms with Crippen molar-refractivity contribution in [3.05, 3.63) is 0 Å². The van der Waals surface area contributed by atoms with Crippen LogP contribution in [0.25, 0.3) is 0 Å². The van der Waals surface area contributed by atoms with E-state index in [1.807, 2.05) is 0 Å². The number of hydrogen-bond acceptors (Lipinski definition) is 1. The highest BCUT2D eigenvalue weighted by Crippen LogP contribution is 2.39. The topological polar surface area (TPSA) is 3.24 Å². The fraction of sp³-hybridized carbons (Fsp3) is 1.00. The van der Waals surface area contributed by atoms with E-state index in [0.29, 0.717) is 11.5 Å². The summed E-state index contributed by atoms with van der Waals surface area (Å²) in [5.74, 6) is 1.73. The summed E-state index contributed by atoms with van der Waals surface area (Å²) < 4.78 is 0. The maximum Gasteiger partial charge on any atom is 0.00388 e. The van der Waals surface area contributed by atoms with Gasteiger partial charge in [0.05, 0.1) is 0 Å². The van der Waals surface area contributed by atoms with Gasteiger partial charge in [-0.3, -0.25) is 0 Å². The van der Waals surface area contributed by atoms with Gasteiger partial charge in [0.25, 0.3) is 0 Å². The van der Waals surface area contributed by atoms with Crippen molar-refractivity contribution in [3.63, 3.8) is 0 Å². The number of rotatable bonds is 2. The fourth-order valence-corrected chi connectivity index (χ4v) is 3.09. The van der Waals surface area contributed by atoms with Crippen LogP contribution in [0, 0.1) is 17.3 Å². The molecule has 1 rings (SSSR count). The lowest BCUT2D eigenvalue weighted by Crippen LogP contribution is -2.49. The second-order valence-corrected chi connectivity index (χ2v) is 6.19. The van der Waals surface area contributed by atoms with Crippen molar-refractivity contribution < 1.29 is 0 Å². The van der Waals surface area contributed by atoms with Gasteiger partial charge in [-0.1, -0.05) is 27.7 Å². The molecule has 1 nitrogen and oxygen atoms in total. The van der Waals surface area contributed by atoms with E-state index in [-0.39, 0.29) is 0 Å². The van der Waals surface area contributed by atoms with Crippen LogP contribution >= 0.6 is 0 Å². The lowest BCUT2D eigenvalue weighted by atomic mass is 9.68. The minimum Gasteiger partial charge on any atom is -0.300 e. The minimum atomic E-state index is 0.497. The van der Waals surface area contributed by atoms with Gasteiger partial charge in [-0.05, 0) is 44.1 Å². The molecule has 1 atom stereocenters. The first-order valence-corrected chi connectivity index (χ1v) is 6.08. The molecule has 0 bridgehead atoms. The standard InChI is InChI=1S/C13H27N/c1-10(2)12-7-8-14(11(3)4)9-13(12,5)6/h10-12H,7-9H2,1-6H3/t12-/m1/s1. The van der Waals surface area contributed by atoms with Crippen LogP contribution in [0.4, 0.5) is 0 Å². The molecule has 1 heterocycles. The van der Waals surface area contributed by atoms with Gasteiger partial charge in [0.1, 0.15) is 0 Å². The van der Waals surface area contributed by atoms with Gasteiger partial charge >= 0.3 is 0 Å². The number of nitrogens with zero attached hydrogens (tertiary/aromatic N) is 1. The Bertz CT molecular complexity index is 182. The molecule has 0 spiro atoms. The third kappa shape index (κ3) is 2.50. The Morgan fingerprint density at radius 1 is 1.14 bits per heavy atom. The van der Waals surface area contributed by atoms with Crippen molar-refractivity contribution in [1.82, 2.24) is 4.90 Å². The summed E-state index contributed by atoms with van der Waals surface area (Å²) in [6.45, 7) is 16.8. The highest BCUT2D eigenvalue weighted by Gasteiger charge is 2.37. The molecule has 1 aliphatic heterocycles. The Morgan fingerprint density at radius 2 is 1.71 bits per heavy atom. The SMILES string of the molecule is CC(C)[C@H]1CCN(C(C)C)CC1(C)C. The van der Waals surface area contributed by atoms with E-state index in [0.717, 1.165) is 11.8 Å². The molecular formula is C13H27N. The quantitative estimate of drug-likeness (QED) is 0.656. The lowest BCUT2D eigenvalue weighted by Gasteiger charge is -2.47. The maximum absolute atomic E-state index is 2.62. The average molecular weight is 197 g/mol. The first kappa shape index (κ1) is 12.0. The first-order valence-electron chi connectivity index (χ1n) is 6.08. The Balaban J connectivity index is 2.65. The third-order valence-electron chi connectivity index (χ3n) is 3.88. The van der Waals surface area contributed by atoms with E-state index in [2.05, 4.69) is 46.4 Å². The van der Waals surface area contributed by atoms with Crippen LogP contribution in [0.2, 0.25) is 0 Å². The lowest BCUT2D eigenvalue weighted by molar-refractivity contribution is 0.0147. The van der Waals surface area contributed by atoms with Crippen molar-refractivity contribution >= 4 is 0 Å². The second kappa shape index (κ2) is 4.22. The maximum atomic E-state index is 2.62. The molecule has 1 aliphatic rings. The monoisotopic (exact) mass is 197 g/mol. The normalized spacial score (nSPS) is 28.7. The molecule has 1 heteroatoms. The molecule has 0 radical (unpaired) electrons. The van der Waals surface area contributed by atoms with Crippen molar-refractivity contribution in [1.29, 1.82) is 0 Å². The Labute approximate surface area is 89.9 Å². The predicted molar refractivity (Wildman–Crippen MR) is 63.4 cm³/mol. The van der Waals surface area contributed by atoms with Crippen LogP contribution in [0.1, 0.15) is 48.0 Å². The van der Waals surface area contributed by atoms with Gasteiger partial charge in [-0.2, -0.15) is 0 Å². The van der Waals surface area contributed by atoms with Gasteiger partial charge < -0.3 is 4.90 Å². The van der Waals surface area contributed by atoms with Crippen molar-refractivity contribution in [3.8, 4) is 0 Å². The van der Waals surface area contributed by atoms with Crippen LogP contribution < -0.4 is 0 Å². The Morgan fingerprint density at radius 3 is 2.07 bits per heavy atom. The molecule has 0 aromatic heterocycles. The smallest absolute Gasteiger partial charge is 0.00388 e. The summed E-state index contributed by atoms with van der Waals surface area (Å²) in [4.78, 5) is 2.62. The van der Waals surface area contributed by atoms with E-state index in [9.17, 15) is 0 Å². The fourth-order valence-electron chi connectivity index (χ4n) is 3.09. The molecule has 0 aromatic rings. The molecule has 0 unspecified atom stereocenters. The number of piperidine rings is 1. The molecule has 84 valence electrons. The molecule has 0 aliphatic carbocycles.